The smallest absolute Gasteiger partial charge is 0.425 e. The Morgan fingerprint density at radius 3 is 2.23 bits per heavy atom. The first-order chi connectivity index (χ1) is 20.4. The molecule has 3 aliphatic rings. The van der Waals surface area contributed by atoms with Gasteiger partial charge in [0.15, 0.2) is 5.84 Å². The van der Waals surface area contributed by atoms with Gasteiger partial charge in [-0.1, -0.05) is 0 Å². The Hall–Kier alpha value is -4.20. The van der Waals surface area contributed by atoms with Crippen molar-refractivity contribution in [3.05, 3.63) is 45.9 Å². The predicted molar refractivity (Wildman–Crippen MR) is 164 cm³/mol. The molecule has 0 radical (unpaired) electrons. The predicted octanol–water partition coefficient (Wildman–Crippen LogP) is 5.72. The molecule has 13 nitrogen and oxygen atoms in total. The molecule has 0 spiro atoms. The van der Waals surface area contributed by atoms with Crippen molar-refractivity contribution < 1.29 is 33.7 Å². The molecule has 14 heteroatoms. The third-order valence-electron chi connectivity index (χ3n) is 6.69. The standard InChI is InChI=1S/C30H38N6O7S/c1-15-12-31-21(17(3)24(15)41-10)13-35-32-20-11-18(16(2)26(37)38)19-14-44-34-25(23(33-35)22(19)20)36(27(39)42-29(4,5)6)28(40)43-30(7,8)9/h11-12,16H,13-14H2,1-10H3,(H,37,38). The Bertz CT molecular complexity index is 1590. The van der Waals surface area contributed by atoms with E-state index in [0.717, 1.165) is 28.0 Å². The van der Waals surface area contributed by atoms with Gasteiger partial charge in [0.25, 0.3) is 0 Å². The number of ether oxygens (including phenoxy) is 3. The summed E-state index contributed by atoms with van der Waals surface area (Å²) in [4.78, 5) is 46.0. The van der Waals surface area contributed by atoms with Gasteiger partial charge in [0, 0.05) is 28.6 Å². The van der Waals surface area contributed by atoms with Gasteiger partial charge in [-0.2, -0.15) is 24.3 Å². The number of hydrogen-bond acceptors (Lipinski definition) is 11. The summed E-state index contributed by atoms with van der Waals surface area (Å²) in [6, 6.07) is 1.70. The summed E-state index contributed by atoms with van der Waals surface area (Å²) >= 11 is 1.05. The number of nitrogens with zero attached hydrogens (tertiary/aromatic N) is 6. The van der Waals surface area contributed by atoms with Crippen molar-refractivity contribution in [3.63, 3.8) is 0 Å². The van der Waals surface area contributed by atoms with E-state index in [4.69, 9.17) is 24.4 Å². The van der Waals surface area contributed by atoms with Gasteiger partial charge in [0.1, 0.15) is 29.2 Å². The molecule has 1 unspecified atom stereocenters. The number of pyridine rings is 1. The molecule has 1 aromatic heterocycles. The zero-order valence-electron chi connectivity index (χ0n) is 26.6. The first-order valence-corrected chi connectivity index (χ1v) is 14.9. The highest BCUT2D eigenvalue weighted by Gasteiger charge is 2.40. The van der Waals surface area contributed by atoms with E-state index in [1.807, 2.05) is 13.8 Å². The van der Waals surface area contributed by atoms with Crippen LogP contribution < -0.4 is 4.74 Å². The molecule has 0 saturated heterocycles. The van der Waals surface area contributed by atoms with E-state index in [2.05, 4.69) is 9.38 Å². The fraction of sp³-hybridized carbons (Fsp3) is 0.500. The first kappa shape index (κ1) is 32.7. The van der Waals surface area contributed by atoms with Crippen LogP contribution in [0, 0.1) is 13.8 Å². The monoisotopic (exact) mass is 626 g/mol. The molecule has 0 aromatic carbocycles. The Balaban J connectivity index is 1.97. The third kappa shape index (κ3) is 6.79. The second kappa shape index (κ2) is 12.1. The number of amides is 2. The Labute approximate surface area is 260 Å². The van der Waals surface area contributed by atoms with Gasteiger partial charge < -0.3 is 19.3 Å². The summed E-state index contributed by atoms with van der Waals surface area (Å²) in [5.41, 5.74) is 2.65. The number of methoxy groups -OCH3 is 1. The Morgan fingerprint density at radius 2 is 1.68 bits per heavy atom. The SMILES string of the molecule is COc1c(C)cnc(Cn2nc3cc(C(C)C(=O)O)c4c-3c(n2)C(N(C(=O)OC(C)(C)C)C(=O)OC(C)(C)C)=NSC4)c1C. The lowest BCUT2D eigenvalue weighted by molar-refractivity contribution is -0.138. The van der Waals surface area contributed by atoms with Crippen LogP contribution in [0.4, 0.5) is 9.59 Å². The number of carboxylic acids is 1. The normalized spacial score (nSPS) is 14.0. The van der Waals surface area contributed by atoms with Gasteiger partial charge in [0.2, 0.25) is 0 Å². The zero-order chi connectivity index (χ0) is 32.7. The second-order valence-corrected chi connectivity index (χ2v) is 13.2. The maximum absolute atomic E-state index is 13.6. The quantitative estimate of drug-likeness (QED) is 0.345. The fourth-order valence-corrected chi connectivity index (χ4v) is 5.53. The third-order valence-corrected chi connectivity index (χ3v) is 7.41. The van der Waals surface area contributed by atoms with Crippen LogP contribution in [0.25, 0.3) is 11.3 Å². The van der Waals surface area contributed by atoms with Crippen molar-refractivity contribution in [1.82, 2.24) is 24.9 Å². The van der Waals surface area contributed by atoms with Gasteiger partial charge in [-0.05, 0) is 91.5 Å². The lowest BCUT2D eigenvalue weighted by atomic mass is 9.99. The topological polar surface area (TPSA) is 158 Å². The molecule has 1 aromatic rings. The molecule has 0 bridgehead atoms. The van der Waals surface area contributed by atoms with E-state index in [1.54, 1.807) is 67.8 Å². The summed E-state index contributed by atoms with van der Waals surface area (Å²) in [5, 5.41) is 19.3. The van der Waals surface area contributed by atoms with Crippen LogP contribution in [0.15, 0.2) is 16.7 Å². The summed E-state index contributed by atoms with van der Waals surface area (Å²) in [5.74, 6) is -1.05. The van der Waals surface area contributed by atoms with Crippen molar-refractivity contribution >= 4 is 35.9 Å². The summed E-state index contributed by atoms with van der Waals surface area (Å²) < 4.78 is 21.3. The van der Waals surface area contributed by atoms with Crippen LogP contribution in [0.1, 0.15) is 88.0 Å². The molecule has 44 heavy (non-hydrogen) atoms. The molecule has 2 aliphatic heterocycles. The van der Waals surface area contributed by atoms with Crippen molar-refractivity contribution in [2.45, 2.75) is 91.7 Å². The number of imide groups is 1. The Kier molecular flexibility index (Phi) is 8.97. The van der Waals surface area contributed by atoms with Gasteiger partial charge in [0.05, 0.1) is 24.4 Å². The van der Waals surface area contributed by atoms with Crippen LogP contribution in [0.5, 0.6) is 5.75 Å². The lowest BCUT2D eigenvalue weighted by Crippen LogP contribution is -2.47. The van der Waals surface area contributed by atoms with Crippen LogP contribution in [-0.2, 0) is 26.6 Å². The summed E-state index contributed by atoms with van der Waals surface area (Å²) in [7, 11) is 1.58. The molecule has 0 fully saturated rings. The molecule has 2 amide bonds. The first-order valence-electron chi connectivity index (χ1n) is 14.0. The number of aryl methyl sites for hydroxylation is 1. The maximum Gasteiger partial charge on any atom is 0.425 e. The number of hydrogen-bond donors (Lipinski definition) is 1. The Morgan fingerprint density at radius 1 is 1.07 bits per heavy atom. The molecular weight excluding hydrogens is 588 g/mol. The average Bonchev–Trinajstić information content (AvgIpc) is 3.14. The van der Waals surface area contributed by atoms with E-state index < -0.39 is 35.3 Å². The van der Waals surface area contributed by atoms with E-state index in [9.17, 15) is 19.5 Å². The number of amidine groups is 1. The van der Waals surface area contributed by atoms with E-state index in [1.165, 1.54) is 4.80 Å². The number of aromatic nitrogens is 4. The van der Waals surface area contributed by atoms with Crippen molar-refractivity contribution in [2.24, 2.45) is 4.40 Å². The lowest BCUT2D eigenvalue weighted by Gasteiger charge is -2.29. The van der Waals surface area contributed by atoms with E-state index >= 15 is 0 Å². The van der Waals surface area contributed by atoms with Crippen LogP contribution in [-0.4, -0.2) is 72.3 Å². The van der Waals surface area contributed by atoms with Gasteiger partial charge in [-0.15, -0.1) is 0 Å². The van der Waals surface area contributed by atoms with E-state index in [-0.39, 0.29) is 23.8 Å². The maximum atomic E-state index is 13.6. The highest BCUT2D eigenvalue weighted by atomic mass is 32.2. The highest BCUT2D eigenvalue weighted by Crippen LogP contribution is 2.41. The molecule has 1 N–H and O–H groups in total. The van der Waals surface area contributed by atoms with Gasteiger partial charge in [-0.25, -0.2) is 9.59 Å². The van der Waals surface area contributed by atoms with Crippen molar-refractivity contribution in [1.29, 1.82) is 0 Å². The van der Waals surface area contributed by atoms with Crippen LogP contribution >= 0.6 is 11.9 Å². The molecule has 3 heterocycles. The number of carboxylic acid groups (broad SMARTS) is 1. The fourth-order valence-electron chi connectivity index (χ4n) is 4.74. The van der Waals surface area contributed by atoms with E-state index in [0.29, 0.717) is 33.8 Å². The minimum absolute atomic E-state index is 0.106. The number of rotatable bonds is 5. The number of carbonyl (C=O) groups is 3. The van der Waals surface area contributed by atoms with Gasteiger partial charge >= 0.3 is 18.2 Å². The molecule has 1 aliphatic carbocycles. The van der Waals surface area contributed by atoms with Crippen LogP contribution in [0.3, 0.4) is 0 Å². The minimum Gasteiger partial charge on any atom is -0.496 e. The molecular formula is C30H38N6O7S. The van der Waals surface area contributed by atoms with Crippen molar-refractivity contribution in [2.75, 3.05) is 7.11 Å². The highest BCUT2D eigenvalue weighted by molar-refractivity contribution is 7.97. The molecule has 236 valence electrons. The average molecular weight is 627 g/mol. The summed E-state index contributed by atoms with van der Waals surface area (Å²) in [6.07, 6.45) is -0.308. The molecule has 0 saturated carbocycles. The summed E-state index contributed by atoms with van der Waals surface area (Å²) in [6.45, 7) is 15.5. The number of carbonyl (C=O) groups excluding carboxylic acids is 2. The van der Waals surface area contributed by atoms with Crippen molar-refractivity contribution in [3.8, 4) is 17.0 Å². The number of aliphatic carboxylic acids is 1. The molecule has 1 atom stereocenters. The van der Waals surface area contributed by atoms with Crippen LogP contribution in [0.2, 0.25) is 0 Å². The zero-order valence-corrected chi connectivity index (χ0v) is 27.5. The largest absolute Gasteiger partial charge is 0.496 e. The van der Waals surface area contributed by atoms with Gasteiger partial charge in [-0.3, -0.25) is 9.78 Å². The molecule has 4 rings (SSSR count). The second-order valence-electron chi connectivity index (χ2n) is 12.5. The minimum atomic E-state index is -1.01.